The van der Waals surface area contributed by atoms with Crippen molar-refractivity contribution in [3.63, 3.8) is 0 Å². The van der Waals surface area contributed by atoms with Crippen LogP contribution in [0.5, 0.6) is 0 Å². The number of rotatable bonds is 1. The summed E-state index contributed by atoms with van der Waals surface area (Å²) in [5.41, 5.74) is 9.95. The Morgan fingerprint density at radius 2 is 1.57 bits per heavy atom. The number of amides is 3. The standard InChI is InChI=1S/C8H13N3O3/c9-6(12)5-1-3-11(4-2-5)8(14)7(10)13/h5H,1-4H2,(H2,9,12)(H2,10,13). The predicted octanol–water partition coefficient (Wildman–Crippen LogP) is -1.80. The van der Waals surface area contributed by atoms with E-state index in [9.17, 15) is 14.4 Å². The maximum Gasteiger partial charge on any atom is 0.311 e. The summed E-state index contributed by atoms with van der Waals surface area (Å²) in [6.07, 6.45) is 1.02. The van der Waals surface area contributed by atoms with Crippen molar-refractivity contribution in [1.29, 1.82) is 0 Å². The second-order valence-corrected chi connectivity index (χ2v) is 3.33. The largest absolute Gasteiger partial charge is 0.369 e. The minimum atomic E-state index is -0.956. The monoisotopic (exact) mass is 199 g/mol. The topological polar surface area (TPSA) is 106 Å². The van der Waals surface area contributed by atoms with Gasteiger partial charge in [-0.3, -0.25) is 14.4 Å². The summed E-state index contributed by atoms with van der Waals surface area (Å²) in [6, 6.07) is 0. The number of carbonyl (C=O) groups is 3. The molecule has 1 fully saturated rings. The lowest BCUT2D eigenvalue weighted by Crippen LogP contribution is -2.46. The van der Waals surface area contributed by atoms with E-state index >= 15 is 0 Å². The highest BCUT2D eigenvalue weighted by Gasteiger charge is 2.27. The molecule has 0 aromatic heterocycles. The Balaban J connectivity index is 2.47. The highest BCUT2D eigenvalue weighted by Crippen LogP contribution is 2.16. The first-order chi connectivity index (χ1) is 6.52. The van der Waals surface area contributed by atoms with Crippen LogP contribution in [-0.2, 0) is 14.4 Å². The molecule has 0 atom stereocenters. The van der Waals surface area contributed by atoms with Crippen molar-refractivity contribution < 1.29 is 14.4 Å². The third-order valence-corrected chi connectivity index (χ3v) is 2.40. The highest BCUT2D eigenvalue weighted by atomic mass is 16.2. The van der Waals surface area contributed by atoms with Gasteiger partial charge in [0.2, 0.25) is 5.91 Å². The molecule has 1 aliphatic heterocycles. The number of carbonyl (C=O) groups excluding carboxylic acids is 3. The molecule has 1 saturated heterocycles. The fraction of sp³-hybridized carbons (Fsp3) is 0.625. The average Bonchev–Trinajstić information content (AvgIpc) is 2.16. The third-order valence-electron chi connectivity index (χ3n) is 2.40. The summed E-state index contributed by atoms with van der Waals surface area (Å²) in [4.78, 5) is 33.8. The van der Waals surface area contributed by atoms with Crippen molar-refractivity contribution in [1.82, 2.24) is 4.90 Å². The molecular weight excluding hydrogens is 186 g/mol. The quantitative estimate of drug-likeness (QED) is 0.486. The van der Waals surface area contributed by atoms with Crippen LogP contribution in [0.1, 0.15) is 12.8 Å². The molecule has 0 bridgehead atoms. The summed E-state index contributed by atoms with van der Waals surface area (Å²) < 4.78 is 0. The number of primary amides is 2. The van der Waals surface area contributed by atoms with E-state index in [-0.39, 0.29) is 11.8 Å². The van der Waals surface area contributed by atoms with E-state index in [2.05, 4.69) is 0 Å². The summed E-state index contributed by atoms with van der Waals surface area (Å²) in [5, 5.41) is 0. The molecule has 0 unspecified atom stereocenters. The Bertz CT molecular complexity index is 269. The van der Waals surface area contributed by atoms with Crippen LogP contribution in [-0.4, -0.2) is 35.7 Å². The Labute approximate surface area is 81.2 Å². The van der Waals surface area contributed by atoms with Gasteiger partial charge in [0.15, 0.2) is 0 Å². The van der Waals surface area contributed by atoms with Crippen molar-refractivity contribution >= 4 is 17.7 Å². The van der Waals surface area contributed by atoms with Crippen molar-refractivity contribution in [3.05, 3.63) is 0 Å². The van der Waals surface area contributed by atoms with Gasteiger partial charge in [-0.2, -0.15) is 0 Å². The van der Waals surface area contributed by atoms with Crippen LogP contribution >= 0.6 is 0 Å². The lowest BCUT2D eigenvalue weighted by molar-refractivity contribution is -0.145. The first kappa shape index (κ1) is 10.5. The molecule has 1 rings (SSSR count). The van der Waals surface area contributed by atoms with Gasteiger partial charge in [-0.25, -0.2) is 0 Å². The van der Waals surface area contributed by atoms with Crippen molar-refractivity contribution in [2.75, 3.05) is 13.1 Å². The Morgan fingerprint density at radius 3 is 1.93 bits per heavy atom. The first-order valence-corrected chi connectivity index (χ1v) is 4.40. The van der Waals surface area contributed by atoms with Gasteiger partial charge < -0.3 is 16.4 Å². The lowest BCUT2D eigenvalue weighted by atomic mass is 9.96. The van der Waals surface area contributed by atoms with Crippen LogP contribution in [0.25, 0.3) is 0 Å². The van der Waals surface area contributed by atoms with Crippen molar-refractivity contribution in [3.8, 4) is 0 Å². The van der Waals surface area contributed by atoms with Crippen LogP contribution < -0.4 is 11.5 Å². The normalized spacial score (nSPS) is 17.9. The molecule has 0 saturated carbocycles. The van der Waals surface area contributed by atoms with E-state index in [1.807, 2.05) is 0 Å². The van der Waals surface area contributed by atoms with Gasteiger partial charge in [-0.05, 0) is 12.8 Å². The molecule has 4 N–H and O–H groups in total. The number of nitrogens with zero attached hydrogens (tertiary/aromatic N) is 1. The number of piperidine rings is 1. The maximum atomic E-state index is 11.1. The highest BCUT2D eigenvalue weighted by molar-refractivity contribution is 6.34. The van der Waals surface area contributed by atoms with Gasteiger partial charge in [0.25, 0.3) is 0 Å². The third kappa shape index (κ3) is 2.21. The molecule has 0 aliphatic carbocycles. The molecule has 14 heavy (non-hydrogen) atoms. The van der Waals surface area contributed by atoms with Gasteiger partial charge in [0.05, 0.1) is 0 Å². The molecule has 0 spiro atoms. The van der Waals surface area contributed by atoms with E-state index in [1.54, 1.807) is 0 Å². The molecule has 0 aromatic rings. The molecule has 1 aliphatic rings. The Kier molecular flexibility index (Phi) is 3.06. The number of nitrogens with two attached hydrogens (primary N) is 2. The van der Waals surface area contributed by atoms with Crippen LogP contribution in [0.3, 0.4) is 0 Å². The minimum Gasteiger partial charge on any atom is -0.369 e. The van der Waals surface area contributed by atoms with Gasteiger partial charge in [0.1, 0.15) is 0 Å². The average molecular weight is 199 g/mol. The molecule has 3 amide bonds. The fourth-order valence-electron chi connectivity index (χ4n) is 1.52. The van der Waals surface area contributed by atoms with Crippen LogP contribution in [0.2, 0.25) is 0 Å². The van der Waals surface area contributed by atoms with Gasteiger partial charge in [-0.15, -0.1) is 0 Å². The number of likely N-dealkylation sites (tertiary alicyclic amines) is 1. The van der Waals surface area contributed by atoms with E-state index in [0.717, 1.165) is 0 Å². The number of hydrogen-bond acceptors (Lipinski definition) is 3. The SMILES string of the molecule is NC(=O)C(=O)N1CCC(C(N)=O)CC1. The van der Waals surface area contributed by atoms with Crippen LogP contribution in [0, 0.1) is 5.92 Å². The second kappa shape index (κ2) is 4.08. The minimum absolute atomic E-state index is 0.188. The smallest absolute Gasteiger partial charge is 0.311 e. The molecule has 6 heteroatoms. The van der Waals surface area contributed by atoms with Crippen LogP contribution in [0.4, 0.5) is 0 Å². The fourth-order valence-corrected chi connectivity index (χ4v) is 1.52. The zero-order chi connectivity index (χ0) is 10.7. The number of hydrogen-bond donors (Lipinski definition) is 2. The molecule has 0 radical (unpaired) electrons. The molecular formula is C8H13N3O3. The summed E-state index contributed by atoms with van der Waals surface area (Å²) in [6.45, 7) is 0.741. The first-order valence-electron chi connectivity index (χ1n) is 4.40. The summed E-state index contributed by atoms with van der Waals surface area (Å²) >= 11 is 0. The van der Waals surface area contributed by atoms with Crippen molar-refractivity contribution in [2.24, 2.45) is 17.4 Å². The zero-order valence-electron chi connectivity index (χ0n) is 7.73. The van der Waals surface area contributed by atoms with E-state index < -0.39 is 11.8 Å². The van der Waals surface area contributed by atoms with Crippen LogP contribution in [0.15, 0.2) is 0 Å². The zero-order valence-corrected chi connectivity index (χ0v) is 7.73. The Morgan fingerprint density at radius 1 is 1.07 bits per heavy atom. The van der Waals surface area contributed by atoms with Gasteiger partial charge in [0, 0.05) is 19.0 Å². The second-order valence-electron chi connectivity index (χ2n) is 3.33. The van der Waals surface area contributed by atoms with Crippen molar-refractivity contribution in [2.45, 2.75) is 12.8 Å². The maximum absolute atomic E-state index is 11.1. The van der Waals surface area contributed by atoms with Gasteiger partial charge in [-0.1, -0.05) is 0 Å². The molecule has 6 nitrogen and oxygen atoms in total. The van der Waals surface area contributed by atoms with E-state index in [4.69, 9.17) is 11.5 Å². The lowest BCUT2D eigenvalue weighted by Gasteiger charge is -2.29. The molecule has 0 aromatic carbocycles. The van der Waals surface area contributed by atoms with E-state index in [0.29, 0.717) is 25.9 Å². The molecule has 1 heterocycles. The molecule has 78 valence electrons. The van der Waals surface area contributed by atoms with E-state index in [1.165, 1.54) is 4.90 Å². The van der Waals surface area contributed by atoms with Gasteiger partial charge >= 0.3 is 11.8 Å². The predicted molar refractivity (Wildman–Crippen MR) is 47.7 cm³/mol. The summed E-state index contributed by atoms with van der Waals surface area (Å²) in [5.74, 6) is -2.18. The summed E-state index contributed by atoms with van der Waals surface area (Å²) in [7, 11) is 0. The Hall–Kier alpha value is -1.59.